The first kappa shape index (κ1) is 25.5. The van der Waals surface area contributed by atoms with Crippen molar-refractivity contribution in [3.05, 3.63) is 69.6 Å². The molecule has 3 heterocycles. The van der Waals surface area contributed by atoms with Crippen molar-refractivity contribution in [3.63, 3.8) is 0 Å². The molecular formula is C23H25ClFN9OS. The third kappa shape index (κ3) is 5.78. The van der Waals surface area contributed by atoms with Gasteiger partial charge in [-0.15, -0.1) is 11.3 Å². The van der Waals surface area contributed by atoms with Crippen LogP contribution in [0.3, 0.4) is 0 Å². The van der Waals surface area contributed by atoms with Gasteiger partial charge in [0.2, 0.25) is 0 Å². The van der Waals surface area contributed by atoms with Crippen molar-refractivity contribution in [2.75, 3.05) is 38.5 Å². The summed E-state index contributed by atoms with van der Waals surface area (Å²) in [4.78, 5) is 25.6. The second-order valence-electron chi connectivity index (χ2n) is 7.98. The standard InChI is InChI=1S/C23H25ClFN9OS/c1-27-32(2)21(31-26)15-12-16(29-19(13-15)30-23-28-6-11-36-23)14-33-7-9-34(10-8-33)22(35)17-4-3-5-18(24)20(17)25/h3-6,11-13H,1,7-10,14,26H2,2H3,(H,28,29,30)/b31-21-. The molecule has 2 aromatic heterocycles. The molecule has 36 heavy (non-hydrogen) atoms. The fourth-order valence-corrected chi connectivity index (χ4v) is 4.56. The minimum absolute atomic E-state index is 0.0169. The summed E-state index contributed by atoms with van der Waals surface area (Å²) >= 11 is 7.30. The first-order valence-electron chi connectivity index (χ1n) is 11.0. The number of carbonyl (C=O) groups excluding carboxylic acids is 1. The van der Waals surface area contributed by atoms with Crippen molar-refractivity contribution >= 4 is 52.3 Å². The number of amides is 1. The molecule has 0 unspecified atom stereocenters. The quantitative estimate of drug-likeness (QED) is 0.209. The largest absolute Gasteiger partial charge is 0.336 e. The molecule has 3 N–H and O–H groups in total. The Kier molecular flexibility index (Phi) is 8.08. The highest BCUT2D eigenvalue weighted by atomic mass is 35.5. The molecule has 0 saturated carbocycles. The van der Waals surface area contributed by atoms with Crippen LogP contribution in [-0.4, -0.2) is 76.5 Å². The van der Waals surface area contributed by atoms with Crippen LogP contribution in [-0.2, 0) is 6.54 Å². The molecule has 0 aliphatic carbocycles. The van der Waals surface area contributed by atoms with Crippen LogP contribution in [0.2, 0.25) is 5.02 Å². The second-order valence-corrected chi connectivity index (χ2v) is 9.28. The summed E-state index contributed by atoms with van der Waals surface area (Å²) in [5.41, 5.74) is 1.46. The number of piperazine rings is 1. The molecule has 3 aromatic rings. The Morgan fingerprint density at radius 1 is 1.33 bits per heavy atom. The average molecular weight is 530 g/mol. The zero-order chi connectivity index (χ0) is 25.7. The normalized spacial score (nSPS) is 14.5. The molecule has 10 nitrogen and oxygen atoms in total. The van der Waals surface area contributed by atoms with Crippen LogP contribution in [0.5, 0.6) is 0 Å². The maximum absolute atomic E-state index is 14.3. The van der Waals surface area contributed by atoms with Crippen molar-refractivity contribution in [3.8, 4) is 0 Å². The van der Waals surface area contributed by atoms with Crippen LogP contribution in [0.4, 0.5) is 15.3 Å². The third-order valence-corrected chi connectivity index (χ3v) is 6.65. The highest BCUT2D eigenvalue weighted by Gasteiger charge is 2.25. The van der Waals surface area contributed by atoms with Gasteiger partial charge in [0.1, 0.15) is 5.82 Å². The number of nitrogens with zero attached hydrogens (tertiary/aromatic N) is 7. The van der Waals surface area contributed by atoms with Gasteiger partial charge in [-0.25, -0.2) is 19.4 Å². The Bertz CT molecular complexity index is 1260. The number of rotatable bonds is 7. The van der Waals surface area contributed by atoms with E-state index in [1.54, 1.807) is 24.2 Å². The number of benzene rings is 1. The monoisotopic (exact) mass is 529 g/mol. The van der Waals surface area contributed by atoms with E-state index in [1.807, 2.05) is 17.5 Å². The number of aromatic nitrogens is 2. The van der Waals surface area contributed by atoms with Gasteiger partial charge < -0.3 is 16.1 Å². The van der Waals surface area contributed by atoms with E-state index >= 15 is 0 Å². The number of hydrazone groups is 2. The van der Waals surface area contributed by atoms with Gasteiger partial charge in [0.15, 0.2) is 16.8 Å². The number of hydrogen-bond acceptors (Lipinski definition) is 9. The molecule has 0 spiro atoms. The van der Waals surface area contributed by atoms with Gasteiger partial charge in [0.25, 0.3) is 5.91 Å². The molecule has 188 valence electrons. The van der Waals surface area contributed by atoms with Gasteiger partial charge in [0, 0.05) is 63.6 Å². The molecule has 0 radical (unpaired) electrons. The summed E-state index contributed by atoms with van der Waals surface area (Å²) in [5.74, 6) is 5.59. The second kappa shape index (κ2) is 11.4. The Morgan fingerprint density at radius 2 is 2.11 bits per heavy atom. The van der Waals surface area contributed by atoms with Crippen LogP contribution in [0.15, 0.2) is 52.1 Å². The molecule has 13 heteroatoms. The number of pyridine rings is 1. The predicted octanol–water partition coefficient (Wildman–Crippen LogP) is 3.20. The van der Waals surface area contributed by atoms with Crippen LogP contribution >= 0.6 is 22.9 Å². The van der Waals surface area contributed by atoms with Gasteiger partial charge >= 0.3 is 0 Å². The van der Waals surface area contributed by atoms with E-state index in [9.17, 15) is 9.18 Å². The highest BCUT2D eigenvalue weighted by Crippen LogP contribution is 2.22. The molecule has 4 rings (SSSR count). The summed E-state index contributed by atoms with van der Waals surface area (Å²) < 4.78 is 14.3. The third-order valence-electron chi connectivity index (χ3n) is 5.67. The lowest BCUT2D eigenvalue weighted by molar-refractivity contribution is 0.0622. The number of carbonyl (C=O) groups is 1. The SMILES string of the molecule is C=NN(C)/C(=N\N)c1cc(CN2CCN(C(=O)c3cccc(Cl)c3F)CC2)nc(Nc2nccs2)c1. The Hall–Kier alpha value is -3.61. The fraction of sp³-hybridized carbons (Fsp3) is 0.261. The fourth-order valence-electron chi connectivity index (χ4n) is 3.85. The lowest BCUT2D eigenvalue weighted by Gasteiger charge is -2.34. The van der Waals surface area contributed by atoms with Crippen LogP contribution in [0.1, 0.15) is 21.6 Å². The molecule has 1 fully saturated rings. The molecular weight excluding hydrogens is 505 g/mol. The predicted molar refractivity (Wildman–Crippen MR) is 140 cm³/mol. The van der Waals surface area contributed by atoms with E-state index in [0.29, 0.717) is 55.1 Å². The van der Waals surface area contributed by atoms with E-state index in [0.717, 1.165) is 5.69 Å². The molecule has 1 aliphatic rings. The number of hydrogen-bond donors (Lipinski definition) is 2. The van der Waals surface area contributed by atoms with Gasteiger partial charge in [-0.1, -0.05) is 17.7 Å². The van der Waals surface area contributed by atoms with Crippen molar-refractivity contribution in [2.45, 2.75) is 6.54 Å². The number of nitrogens with two attached hydrogens (primary N) is 1. The van der Waals surface area contributed by atoms with Gasteiger partial charge in [-0.3, -0.25) is 9.69 Å². The summed E-state index contributed by atoms with van der Waals surface area (Å²) in [7, 11) is 1.70. The molecule has 0 bridgehead atoms. The molecule has 1 saturated heterocycles. The zero-order valence-electron chi connectivity index (χ0n) is 19.6. The number of nitrogens with one attached hydrogen (secondary N) is 1. The van der Waals surface area contributed by atoms with Gasteiger partial charge in [-0.05, 0) is 24.3 Å². The minimum atomic E-state index is -0.691. The van der Waals surface area contributed by atoms with Gasteiger partial charge in [0.05, 0.1) is 16.3 Å². The van der Waals surface area contributed by atoms with E-state index in [-0.39, 0.29) is 16.5 Å². The summed E-state index contributed by atoms with van der Waals surface area (Å²) in [6, 6.07) is 8.15. The van der Waals surface area contributed by atoms with E-state index in [2.05, 4.69) is 32.1 Å². The van der Waals surface area contributed by atoms with Gasteiger partial charge in [-0.2, -0.15) is 10.2 Å². The number of thiazole rings is 1. The summed E-state index contributed by atoms with van der Waals surface area (Å²) in [5, 5.41) is 14.9. The maximum atomic E-state index is 14.3. The van der Waals surface area contributed by atoms with Crippen molar-refractivity contribution < 1.29 is 9.18 Å². The van der Waals surface area contributed by atoms with E-state index in [1.165, 1.54) is 28.5 Å². The van der Waals surface area contributed by atoms with E-state index < -0.39 is 5.82 Å². The Morgan fingerprint density at radius 3 is 2.78 bits per heavy atom. The lowest BCUT2D eigenvalue weighted by atomic mass is 10.1. The topological polar surface area (TPSA) is 115 Å². The van der Waals surface area contributed by atoms with Crippen LogP contribution in [0, 0.1) is 5.82 Å². The minimum Gasteiger partial charge on any atom is -0.336 e. The zero-order valence-corrected chi connectivity index (χ0v) is 21.1. The van der Waals surface area contributed by atoms with Crippen molar-refractivity contribution in [2.24, 2.45) is 16.0 Å². The summed E-state index contributed by atoms with van der Waals surface area (Å²) in [6.07, 6.45) is 1.70. The molecule has 1 amide bonds. The first-order valence-corrected chi connectivity index (χ1v) is 12.3. The number of anilines is 2. The lowest BCUT2D eigenvalue weighted by Crippen LogP contribution is -2.48. The maximum Gasteiger partial charge on any atom is 0.256 e. The first-order chi connectivity index (χ1) is 17.4. The average Bonchev–Trinajstić information content (AvgIpc) is 3.39. The molecule has 0 atom stereocenters. The number of amidine groups is 1. The Balaban J connectivity index is 1.49. The number of halogens is 2. The van der Waals surface area contributed by atoms with Crippen LogP contribution < -0.4 is 11.2 Å². The molecule has 1 aliphatic heterocycles. The molecule has 1 aromatic carbocycles. The van der Waals surface area contributed by atoms with E-state index in [4.69, 9.17) is 22.4 Å². The van der Waals surface area contributed by atoms with Crippen molar-refractivity contribution in [1.82, 2.24) is 24.8 Å². The smallest absolute Gasteiger partial charge is 0.256 e. The summed E-state index contributed by atoms with van der Waals surface area (Å²) in [6.45, 7) is 6.16. The van der Waals surface area contributed by atoms with Crippen molar-refractivity contribution in [1.29, 1.82) is 0 Å². The highest BCUT2D eigenvalue weighted by molar-refractivity contribution is 7.13. The Labute approximate surface area is 216 Å². The van der Waals surface area contributed by atoms with Crippen LogP contribution in [0.25, 0.3) is 0 Å².